The summed E-state index contributed by atoms with van der Waals surface area (Å²) in [5.74, 6) is -1.70. The lowest BCUT2D eigenvalue weighted by Gasteiger charge is -2.41. The normalized spacial score (nSPS) is 24.8. The van der Waals surface area contributed by atoms with Crippen LogP contribution in [-0.4, -0.2) is 64.8 Å². The molecule has 8 nitrogen and oxygen atoms in total. The fourth-order valence-electron chi connectivity index (χ4n) is 4.94. The van der Waals surface area contributed by atoms with Crippen LogP contribution in [0.25, 0.3) is 5.57 Å². The van der Waals surface area contributed by atoms with Gasteiger partial charge < -0.3 is 25.7 Å². The first-order valence-corrected chi connectivity index (χ1v) is 12.4. The molecule has 2 aliphatic heterocycles. The van der Waals surface area contributed by atoms with Crippen LogP contribution in [0.15, 0.2) is 34.6 Å². The van der Waals surface area contributed by atoms with Gasteiger partial charge in [-0.1, -0.05) is 28.9 Å². The predicted octanol–water partition coefficient (Wildman–Crippen LogP) is 3.66. The number of fused-ring (bicyclic) bond motifs is 1. The van der Waals surface area contributed by atoms with E-state index in [-0.39, 0.29) is 17.7 Å². The number of primary amides is 1. The van der Waals surface area contributed by atoms with E-state index >= 15 is 0 Å². The fraction of sp³-hybridized carbons (Fsp3) is 0.560. The van der Waals surface area contributed by atoms with E-state index in [0.29, 0.717) is 35.9 Å². The number of benzene rings is 1. The Morgan fingerprint density at radius 3 is 2.57 bits per heavy atom. The van der Waals surface area contributed by atoms with Gasteiger partial charge in [-0.15, -0.1) is 0 Å². The Morgan fingerprint density at radius 1 is 1.23 bits per heavy atom. The molecule has 3 amide bonds. The molecule has 2 atom stereocenters. The predicted molar refractivity (Wildman–Crippen MR) is 133 cm³/mol. The van der Waals surface area contributed by atoms with Gasteiger partial charge >= 0.3 is 6.03 Å². The topological polar surface area (TPSA) is 100 Å². The van der Waals surface area contributed by atoms with Gasteiger partial charge in [0.2, 0.25) is 5.91 Å². The highest BCUT2D eigenvalue weighted by Crippen LogP contribution is 2.43. The summed E-state index contributed by atoms with van der Waals surface area (Å²) >= 11 is 6.66. The van der Waals surface area contributed by atoms with Gasteiger partial charge in [-0.3, -0.25) is 4.79 Å². The van der Waals surface area contributed by atoms with Crippen molar-refractivity contribution in [2.24, 2.45) is 16.8 Å². The number of rotatable bonds is 4. The summed E-state index contributed by atoms with van der Waals surface area (Å²) in [4.78, 5) is 34.7. The molecule has 4 rings (SSSR count). The van der Waals surface area contributed by atoms with E-state index in [9.17, 15) is 14.0 Å². The summed E-state index contributed by atoms with van der Waals surface area (Å²) in [5.41, 5.74) is 7.51. The lowest BCUT2D eigenvalue weighted by atomic mass is 9.88. The van der Waals surface area contributed by atoms with E-state index < -0.39 is 23.7 Å². The molecule has 2 heterocycles. The summed E-state index contributed by atoms with van der Waals surface area (Å²) in [5, 5.41) is 7.78. The van der Waals surface area contributed by atoms with Crippen molar-refractivity contribution in [1.82, 2.24) is 15.1 Å². The zero-order valence-electron chi connectivity index (χ0n) is 20.4. The summed E-state index contributed by atoms with van der Waals surface area (Å²) in [6, 6.07) is 5.47. The number of nitrogens with one attached hydrogen (secondary N) is 1. The molecule has 1 saturated carbocycles. The number of carbonyl (C=O) groups excluding carboxylic acids is 2. The third-order valence-electron chi connectivity index (χ3n) is 6.66. The molecule has 0 radical (unpaired) electrons. The quantitative estimate of drug-likeness (QED) is 0.481. The first kappa shape index (κ1) is 25.3. The van der Waals surface area contributed by atoms with Crippen LogP contribution in [0.2, 0.25) is 0 Å². The summed E-state index contributed by atoms with van der Waals surface area (Å²) in [7, 11) is 0. The highest BCUT2D eigenvalue weighted by molar-refractivity contribution is 6.33. The fourth-order valence-corrected chi connectivity index (χ4v) is 5.38. The highest BCUT2D eigenvalue weighted by Gasteiger charge is 2.47. The van der Waals surface area contributed by atoms with Crippen LogP contribution >= 0.6 is 11.6 Å². The van der Waals surface area contributed by atoms with E-state index in [1.807, 2.05) is 25.7 Å². The lowest BCUT2D eigenvalue weighted by Crippen LogP contribution is -2.58. The van der Waals surface area contributed by atoms with Gasteiger partial charge in [0.15, 0.2) is 0 Å². The first-order chi connectivity index (χ1) is 16.5. The largest absolute Gasteiger partial charge is 0.390 e. The number of hydrogen-bond acceptors (Lipinski definition) is 5. The molecule has 3 aliphatic rings. The maximum absolute atomic E-state index is 13.9. The minimum atomic E-state index is -0.740. The molecule has 0 aromatic heterocycles. The van der Waals surface area contributed by atoms with Gasteiger partial charge in [0.05, 0.1) is 17.7 Å². The molecule has 0 bridgehead atoms. The molecule has 1 aromatic rings. The molecular weight excluding hydrogens is 473 g/mol. The van der Waals surface area contributed by atoms with Gasteiger partial charge in [-0.25, -0.2) is 9.18 Å². The number of halogens is 2. The van der Waals surface area contributed by atoms with Gasteiger partial charge in [0, 0.05) is 31.2 Å². The zero-order chi connectivity index (χ0) is 25.3. The third-order valence-corrected chi connectivity index (χ3v) is 7.08. The van der Waals surface area contributed by atoms with Crippen molar-refractivity contribution in [3.63, 3.8) is 0 Å². The van der Waals surface area contributed by atoms with Crippen molar-refractivity contribution < 1.29 is 18.8 Å². The zero-order valence-corrected chi connectivity index (χ0v) is 21.1. The molecule has 1 saturated heterocycles. The molecule has 1 aromatic carbocycles. The van der Waals surface area contributed by atoms with E-state index in [0.717, 1.165) is 31.4 Å². The second-order valence-corrected chi connectivity index (χ2v) is 10.7. The number of nitrogens with two attached hydrogens (primary N) is 1. The highest BCUT2D eigenvalue weighted by atomic mass is 35.5. The minimum Gasteiger partial charge on any atom is -0.390 e. The van der Waals surface area contributed by atoms with Gasteiger partial charge in [-0.05, 0) is 64.2 Å². The van der Waals surface area contributed by atoms with Crippen molar-refractivity contribution >= 4 is 34.8 Å². The summed E-state index contributed by atoms with van der Waals surface area (Å²) < 4.78 is 13.9. The molecule has 10 heteroatoms. The Hall–Kier alpha value is -2.81. The van der Waals surface area contributed by atoms with Crippen LogP contribution in [-0.2, 0) is 9.63 Å². The van der Waals surface area contributed by atoms with Gasteiger partial charge in [0.1, 0.15) is 16.6 Å². The number of amides is 3. The van der Waals surface area contributed by atoms with Crippen LogP contribution in [0.5, 0.6) is 0 Å². The summed E-state index contributed by atoms with van der Waals surface area (Å²) in [6.45, 7) is 7.09. The third kappa shape index (κ3) is 5.72. The van der Waals surface area contributed by atoms with Gasteiger partial charge in [-0.2, -0.15) is 0 Å². The number of piperazine rings is 1. The monoisotopic (exact) mass is 505 g/mol. The van der Waals surface area contributed by atoms with Crippen LogP contribution in [0.1, 0.15) is 52.0 Å². The number of hydrogen-bond donors (Lipinski definition) is 2. The van der Waals surface area contributed by atoms with Crippen molar-refractivity contribution in [2.45, 2.75) is 64.1 Å². The lowest BCUT2D eigenvalue weighted by molar-refractivity contribution is -0.121. The Bertz CT molecular complexity index is 1040. The summed E-state index contributed by atoms with van der Waals surface area (Å²) in [6.07, 6.45) is 3.14. The number of oxime groups is 1. The van der Waals surface area contributed by atoms with E-state index in [2.05, 4.69) is 10.5 Å². The first-order valence-electron chi connectivity index (χ1n) is 12.0. The smallest absolute Gasteiger partial charge is 0.317 e. The van der Waals surface area contributed by atoms with E-state index in [1.54, 1.807) is 17.0 Å². The van der Waals surface area contributed by atoms with Crippen molar-refractivity contribution in [3.05, 3.63) is 40.8 Å². The van der Waals surface area contributed by atoms with Crippen molar-refractivity contribution in [1.29, 1.82) is 0 Å². The molecular formula is C25H33ClFN5O3. The number of nitrogens with zero attached hydrogens (tertiary/aromatic N) is 3. The average Bonchev–Trinajstić information content (AvgIpc) is 3.10. The molecule has 190 valence electrons. The molecule has 2 fully saturated rings. The molecule has 2 unspecified atom stereocenters. The Kier molecular flexibility index (Phi) is 7.26. The molecule has 3 N–H and O–H groups in total. The average molecular weight is 506 g/mol. The number of urea groups is 1. The molecule has 35 heavy (non-hydrogen) atoms. The van der Waals surface area contributed by atoms with Crippen LogP contribution in [0, 0.1) is 11.7 Å². The Morgan fingerprint density at radius 2 is 1.94 bits per heavy atom. The number of carbonyl (C=O) groups is 2. The van der Waals surface area contributed by atoms with Crippen LogP contribution < -0.4 is 11.1 Å². The van der Waals surface area contributed by atoms with Crippen LogP contribution in [0.4, 0.5) is 9.18 Å². The van der Waals surface area contributed by atoms with Gasteiger partial charge in [0.25, 0.3) is 0 Å². The van der Waals surface area contributed by atoms with E-state index in [4.69, 9.17) is 22.2 Å². The van der Waals surface area contributed by atoms with Crippen molar-refractivity contribution in [2.75, 3.05) is 19.6 Å². The SMILES string of the molecule is CC(C)(C)ON=C1CCC(NC(=O)N2CCN3C(Cl)=C(c4cccc(F)c4)C(C(N)=O)C3C2)CC1. The second kappa shape index (κ2) is 10.0. The second-order valence-electron chi connectivity index (χ2n) is 10.4. The molecule has 1 aliphatic carbocycles. The Balaban J connectivity index is 1.39. The molecule has 0 spiro atoms. The Labute approximate surface area is 210 Å². The minimum absolute atomic E-state index is 0.0502. The van der Waals surface area contributed by atoms with Crippen molar-refractivity contribution in [3.8, 4) is 0 Å². The standard InChI is InChI=1S/C25H33ClFN5O3/c1-25(2,3)35-30-18-9-7-17(8-10-18)29-24(34)31-11-12-32-19(14-31)21(23(28)33)20(22(32)26)15-5-4-6-16(27)13-15/h4-6,13,17,19,21H,7-12,14H2,1-3H3,(H2,28,33)(H,29,34). The van der Waals surface area contributed by atoms with Crippen LogP contribution in [0.3, 0.4) is 0 Å². The van der Waals surface area contributed by atoms with E-state index in [1.165, 1.54) is 12.1 Å². The maximum Gasteiger partial charge on any atom is 0.317 e. The maximum atomic E-state index is 13.9.